The lowest BCUT2D eigenvalue weighted by atomic mass is 10.2. The average Bonchev–Trinajstić information content (AvgIpc) is 2.96. The summed E-state index contributed by atoms with van der Waals surface area (Å²) in [7, 11) is 0. The molecule has 0 spiro atoms. The van der Waals surface area contributed by atoms with Gasteiger partial charge in [0.1, 0.15) is 5.69 Å². The largest absolute Gasteiger partial charge is 0.255 e. The number of aryl methyl sites for hydroxylation is 2. The van der Waals surface area contributed by atoms with Gasteiger partial charge in [0.25, 0.3) is 0 Å². The van der Waals surface area contributed by atoms with Gasteiger partial charge in [-0.2, -0.15) is 0 Å². The molecular weight excluding hydrogens is 304 g/mol. The summed E-state index contributed by atoms with van der Waals surface area (Å²) >= 11 is 1.65. The number of fused-ring (bicyclic) bond motifs is 1. The standard InChI is InChI=1S/C18H14N4S/c1-11-5-3-6-16(20-11)18-17(21-12(2)23-18)15-9-8-13-14(22-15)7-4-10-19-13/h3-10H,1-2H3. The summed E-state index contributed by atoms with van der Waals surface area (Å²) in [5.41, 5.74) is 5.44. The van der Waals surface area contributed by atoms with Crippen LogP contribution in [0.4, 0.5) is 0 Å². The third-order valence-electron chi connectivity index (χ3n) is 3.55. The maximum absolute atomic E-state index is 4.72. The van der Waals surface area contributed by atoms with Gasteiger partial charge in [-0.3, -0.25) is 9.97 Å². The molecule has 4 heterocycles. The lowest BCUT2D eigenvalue weighted by Crippen LogP contribution is -1.91. The summed E-state index contributed by atoms with van der Waals surface area (Å²) in [5.74, 6) is 0. The van der Waals surface area contributed by atoms with Gasteiger partial charge in [0.15, 0.2) is 0 Å². The second-order valence-corrected chi connectivity index (χ2v) is 6.52. The van der Waals surface area contributed by atoms with Crippen molar-refractivity contribution in [3.63, 3.8) is 0 Å². The fraction of sp³-hybridized carbons (Fsp3) is 0.111. The molecule has 4 aromatic rings. The van der Waals surface area contributed by atoms with Crippen LogP contribution < -0.4 is 0 Å². The van der Waals surface area contributed by atoms with E-state index >= 15 is 0 Å². The molecule has 4 aromatic heterocycles. The van der Waals surface area contributed by atoms with Crippen molar-refractivity contribution in [1.82, 2.24) is 19.9 Å². The highest BCUT2D eigenvalue weighted by Crippen LogP contribution is 2.35. The van der Waals surface area contributed by atoms with E-state index in [1.165, 1.54) is 0 Å². The molecule has 0 bridgehead atoms. The van der Waals surface area contributed by atoms with E-state index in [4.69, 9.17) is 4.98 Å². The molecular formula is C18H14N4S. The summed E-state index contributed by atoms with van der Waals surface area (Å²) in [5, 5.41) is 1.01. The van der Waals surface area contributed by atoms with Gasteiger partial charge in [-0.1, -0.05) is 6.07 Å². The van der Waals surface area contributed by atoms with E-state index in [9.17, 15) is 0 Å². The minimum atomic E-state index is 0.855. The van der Waals surface area contributed by atoms with Gasteiger partial charge in [-0.25, -0.2) is 9.97 Å². The molecule has 0 N–H and O–H groups in total. The molecule has 0 aliphatic heterocycles. The molecule has 0 radical (unpaired) electrons. The first-order valence-electron chi connectivity index (χ1n) is 7.34. The molecule has 0 aliphatic carbocycles. The predicted molar refractivity (Wildman–Crippen MR) is 93.4 cm³/mol. The number of hydrogen-bond acceptors (Lipinski definition) is 5. The number of nitrogens with zero attached hydrogens (tertiary/aromatic N) is 4. The Hall–Kier alpha value is -2.66. The highest BCUT2D eigenvalue weighted by atomic mass is 32.1. The van der Waals surface area contributed by atoms with Crippen molar-refractivity contribution in [2.75, 3.05) is 0 Å². The molecule has 23 heavy (non-hydrogen) atoms. The van der Waals surface area contributed by atoms with Crippen molar-refractivity contribution >= 4 is 22.4 Å². The summed E-state index contributed by atoms with van der Waals surface area (Å²) in [6.07, 6.45) is 1.78. The van der Waals surface area contributed by atoms with Gasteiger partial charge in [0, 0.05) is 11.9 Å². The van der Waals surface area contributed by atoms with Crippen molar-refractivity contribution in [3.8, 4) is 22.0 Å². The van der Waals surface area contributed by atoms with Crippen LogP contribution in [-0.2, 0) is 0 Å². The zero-order valence-electron chi connectivity index (χ0n) is 12.8. The molecule has 0 aliphatic rings. The van der Waals surface area contributed by atoms with Crippen LogP contribution in [0.15, 0.2) is 48.7 Å². The van der Waals surface area contributed by atoms with Crippen molar-refractivity contribution < 1.29 is 0 Å². The normalized spacial score (nSPS) is 11.0. The van der Waals surface area contributed by atoms with Crippen LogP contribution in [0.25, 0.3) is 33.0 Å². The quantitative estimate of drug-likeness (QED) is 0.548. The van der Waals surface area contributed by atoms with Crippen molar-refractivity contribution in [2.24, 2.45) is 0 Å². The first kappa shape index (κ1) is 14.0. The zero-order valence-corrected chi connectivity index (χ0v) is 13.6. The smallest absolute Gasteiger partial charge is 0.109 e. The highest BCUT2D eigenvalue weighted by molar-refractivity contribution is 7.15. The molecule has 0 saturated heterocycles. The van der Waals surface area contributed by atoms with Crippen LogP contribution >= 0.6 is 11.3 Å². The number of thiazole rings is 1. The van der Waals surface area contributed by atoms with E-state index in [1.807, 2.05) is 56.3 Å². The molecule has 0 saturated carbocycles. The molecule has 112 valence electrons. The van der Waals surface area contributed by atoms with E-state index in [2.05, 4.69) is 15.0 Å². The van der Waals surface area contributed by atoms with E-state index in [-0.39, 0.29) is 0 Å². The van der Waals surface area contributed by atoms with Crippen LogP contribution in [-0.4, -0.2) is 19.9 Å². The number of pyridine rings is 3. The third kappa shape index (κ3) is 2.59. The van der Waals surface area contributed by atoms with E-state index in [0.29, 0.717) is 0 Å². The molecule has 4 rings (SSSR count). The van der Waals surface area contributed by atoms with Crippen LogP contribution in [0.3, 0.4) is 0 Å². The predicted octanol–water partition coefficient (Wildman–Crippen LogP) is 4.43. The van der Waals surface area contributed by atoms with Crippen molar-refractivity contribution in [3.05, 3.63) is 59.4 Å². The van der Waals surface area contributed by atoms with Gasteiger partial charge < -0.3 is 0 Å². The van der Waals surface area contributed by atoms with Crippen LogP contribution in [0.5, 0.6) is 0 Å². The van der Waals surface area contributed by atoms with Crippen LogP contribution in [0.1, 0.15) is 10.7 Å². The fourth-order valence-electron chi connectivity index (χ4n) is 2.53. The maximum Gasteiger partial charge on any atom is 0.109 e. The highest BCUT2D eigenvalue weighted by Gasteiger charge is 2.16. The third-order valence-corrected chi connectivity index (χ3v) is 4.55. The van der Waals surface area contributed by atoms with E-state index in [0.717, 1.165) is 43.7 Å². The number of hydrogen-bond donors (Lipinski definition) is 0. The summed E-state index contributed by atoms with van der Waals surface area (Å²) in [6, 6.07) is 13.9. The molecule has 0 fully saturated rings. The molecule has 5 heteroatoms. The number of aromatic nitrogens is 4. The Labute approximate surface area is 137 Å². The van der Waals surface area contributed by atoms with Crippen molar-refractivity contribution in [1.29, 1.82) is 0 Å². The minimum absolute atomic E-state index is 0.855. The topological polar surface area (TPSA) is 51.6 Å². The Balaban J connectivity index is 1.91. The average molecular weight is 318 g/mol. The Morgan fingerprint density at radius 2 is 1.70 bits per heavy atom. The Morgan fingerprint density at radius 3 is 2.57 bits per heavy atom. The fourth-order valence-corrected chi connectivity index (χ4v) is 3.43. The monoisotopic (exact) mass is 318 g/mol. The second-order valence-electron chi connectivity index (χ2n) is 5.31. The minimum Gasteiger partial charge on any atom is -0.255 e. The second kappa shape index (κ2) is 5.52. The summed E-state index contributed by atoms with van der Waals surface area (Å²) in [4.78, 5) is 19.4. The molecule has 0 amide bonds. The van der Waals surface area contributed by atoms with Gasteiger partial charge in [-0.05, 0) is 50.2 Å². The van der Waals surface area contributed by atoms with E-state index < -0.39 is 0 Å². The first-order chi connectivity index (χ1) is 11.2. The van der Waals surface area contributed by atoms with Gasteiger partial charge in [0.05, 0.1) is 32.3 Å². The first-order valence-corrected chi connectivity index (χ1v) is 8.16. The van der Waals surface area contributed by atoms with Crippen molar-refractivity contribution in [2.45, 2.75) is 13.8 Å². The van der Waals surface area contributed by atoms with Crippen LogP contribution in [0.2, 0.25) is 0 Å². The molecule has 0 atom stereocenters. The van der Waals surface area contributed by atoms with E-state index in [1.54, 1.807) is 17.5 Å². The zero-order chi connectivity index (χ0) is 15.8. The Bertz CT molecular complexity index is 1010. The Kier molecular flexibility index (Phi) is 3.35. The van der Waals surface area contributed by atoms with Gasteiger partial charge in [0.2, 0.25) is 0 Å². The van der Waals surface area contributed by atoms with Gasteiger partial charge >= 0.3 is 0 Å². The summed E-state index contributed by atoms with van der Waals surface area (Å²) < 4.78 is 0. The lowest BCUT2D eigenvalue weighted by molar-refractivity contribution is 1.20. The SMILES string of the molecule is Cc1cccc(-c2sc(C)nc2-c2ccc3ncccc3n2)n1. The molecule has 0 aromatic carbocycles. The molecule has 4 nitrogen and oxygen atoms in total. The molecule has 0 unspecified atom stereocenters. The van der Waals surface area contributed by atoms with Crippen LogP contribution in [0, 0.1) is 13.8 Å². The number of rotatable bonds is 2. The maximum atomic E-state index is 4.72. The Morgan fingerprint density at radius 1 is 0.783 bits per heavy atom. The van der Waals surface area contributed by atoms with Gasteiger partial charge in [-0.15, -0.1) is 11.3 Å². The lowest BCUT2D eigenvalue weighted by Gasteiger charge is -2.04. The summed E-state index contributed by atoms with van der Waals surface area (Å²) in [6.45, 7) is 4.01.